The molecule has 0 nitrogen and oxygen atoms in total. The molecule has 0 N–H and O–H groups in total. The first-order chi connectivity index (χ1) is 45.9. The predicted octanol–water partition coefficient (Wildman–Crippen LogP) is 28.5. The Bertz CT molecular complexity index is 2660. The molecule has 0 fully saturated rings. The van der Waals surface area contributed by atoms with Gasteiger partial charge in [-0.3, -0.25) is 0 Å². The van der Waals surface area contributed by atoms with Crippen LogP contribution in [0.2, 0.25) is 0 Å². The van der Waals surface area contributed by atoms with Crippen LogP contribution in [-0.2, 0) is 38.0 Å². The fraction of sp³-hybridized carbons (Fsp3) is 0.600. The molecule has 540 valence electrons. The van der Waals surface area contributed by atoms with Crippen LogP contribution in [0.5, 0.6) is 0 Å². The molecule has 0 aliphatic carbocycles. The molecule has 0 bridgehead atoms. The molecule has 0 spiro atoms. The largest absolute Gasteiger partial charge is 0.125 e. The topological polar surface area (TPSA) is 0 Å². The van der Waals surface area contributed by atoms with Crippen molar-refractivity contribution in [2.75, 3.05) is 62.6 Å². The average Bonchev–Trinajstić information content (AvgIpc) is 1.02. The van der Waals surface area contributed by atoms with Gasteiger partial charge in [0.2, 0.25) is 0 Å². The van der Waals surface area contributed by atoms with Crippen LogP contribution in [0.4, 0.5) is 0 Å². The predicted molar refractivity (Wildman–Crippen MR) is 463 cm³/mol. The third-order valence-electron chi connectivity index (χ3n) is 20.1. The van der Waals surface area contributed by atoms with Crippen LogP contribution in [-0.4, -0.2) is 62.6 Å². The molecule has 6 heteroatoms. The highest BCUT2D eigenvalue weighted by Crippen LogP contribution is 2.29. The minimum atomic E-state index is 1.11. The summed E-state index contributed by atoms with van der Waals surface area (Å²) in [6.07, 6.45) is 41.1. The Balaban J connectivity index is 0.000000576. The Kier molecular flexibility index (Phi) is 54.0. The number of rotatable bonds is 36. The van der Waals surface area contributed by atoms with E-state index >= 15 is 0 Å². The van der Waals surface area contributed by atoms with Gasteiger partial charge in [-0.1, -0.05) is 152 Å². The van der Waals surface area contributed by atoms with Gasteiger partial charge in [0, 0.05) is 0 Å². The van der Waals surface area contributed by atoms with Crippen molar-refractivity contribution in [1.29, 1.82) is 0 Å². The van der Waals surface area contributed by atoms with Crippen LogP contribution >= 0.6 is 51.5 Å². The van der Waals surface area contributed by atoms with Crippen molar-refractivity contribution < 1.29 is 0 Å². The quantitative estimate of drug-likeness (QED) is 0.0272. The lowest BCUT2D eigenvalue weighted by Crippen LogP contribution is -1.96. The van der Waals surface area contributed by atoms with E-state index in [9.17, 15) is 0 Å². The molecular formula is C90H150P6. The zero-order valence-corrected chi connectivity index (χ0v) is 73.1. The van der Waals surface area contributed by atoms with E-state index in [2.05, 4.69) is 238 Å². The maximum absolute atomic E-state index is 2.39. The standard InChI is InChI=1S/6C15H25P/c1-12-9-10-15(14(3)13(12)2)8-6-5-7-11-16-4;1-12-10-14(3)15(11-13(12)2)8-6-5-7-9-16-4;1-5-10-16-11-6-7-15-9-8-12(2)13(3)14(15)4;1-5-8-16-9-6-7-15-11-13(3)12(2)10-14(15)4;1-5-6-7-10-16-11-15-9-8-12(2)13(3)14(15)4;1-5-6-7-8-16-11-15-10-13(3)12(2)9-14(15)4/h9-10,16H,5-8,11H2,1-4H3;10-11,16H,5-9H2,1-4H3;8-9,16H,5-7,10-11H2,1-4H3;10-11,16H,5-9H2,1-4H3;8-9,16H,5-7,10-11H2,1-4H3;9-10,16H,5-8,11H2,1-4H3. The number of aryl methyl sites for hydroxylation is 16. The highest BCUT2D eigenvalue weighted by molar-refractivity contribution is 7.38. The molecule has 0 heterocycles. The second kappa shape index (κ2) is 56.4. The Hall–Kier alpha value is -2.10. The lowest BCUT2D eigenvalue weighted by atomic mass is 9.95. The van der Waals surface area contributed by atoms with Gasteiger partial charge >= 0.3 is 0 Å². The molecule has 0 amide bonds. The Morgan fingerprint density at radius 1 is 0.208 bits per heavy atom. The van der Waals surface area contributed by atoms with E-state index in [0.29, 0.717) is 0 Å². The van der Waals surface area contributed by atoms with Crippen molar-refractivity contribution in [2.45, 2.75) is 293 Å². The van der Waals surface area contributed by atoms with Crippen molar-refractivity contribution in [3.8, 4) is 0 Å². The molecule has 0 aromatic heterocycles. The lowest BCUT2D eigenvalue weighted by molar-refractivity contribution is 0.719. The molecule has 0 aliphatic rings. The van der Waals surface area contributed by atoms with Gasteiger partial charge in [0.05, 0.1) is 0 Å². The third-order valence-corrected chi connectivity index (χ3v) is 27.6. The van der Waals surface area contributed by atoms with Crippen molar-refractivity contribution in [2.24, 2.45) is 0 Å². The molecular weight excluding hydrogens is 1270 g/mol. The van der Waals surface area contributed by atoms with Crippen LogP contribution in [0.1, 0.15) is 264 Å². The van der Waals surface area contributed by atoms with Gasteiger partial charge in [0.15, 0.2) is 0 Å². The maximum atomic E-state index is 2.39. The summed E-state index contributed by atoms with van der Waals surface area (Å²) in [5.74, 6) is 0. The Labute approximate surface area is 609 Å². The second-order valence-electron chi connectivity index (χ2n) is 28.3. The zero-order valence-electron chi connectivity index (χ0n) is 67.1. The summed E-state index contributed by atoms with van der Waals surface area (Å²) in [5, 5.41) is 0. The van der Waals surface area contributed by atoms with Gasteiger partial charge in [0.1, 0.15) is 0 Å². The first kappa shape index (κ1) is 91.9. The van der Waals surface area contributed by atoms with E-state index in [-0.39, 0.29) is 0 Å². The highest BCUT2D eigenvalue weighted by atomic mass is 31.1. The molecule has 6 unspecified atom stereocenters. The summed E-state index contributed by atoms with van der Waals surface area (Å²) in [7, 11) is 6.83. The molecule has 6 atom stereocenters. The second-order valence-corrected chi connectivity index (χ2v) is 36.4. The van der Waals surface area contributed by atoms with Crippen molar-refractivity contribution in [1.82, 2.24) is 0 Å². The van der Waals surface area contributed by atoms with Gasteiger partial charge in [-0.25, -0.2) is 0 Å². The zero-order chi connectivity index (χ0) is 71.8. The first-order valence-electron chi connectivity index (χ1n) is 38.4. The molecule has 6 aromatic rings. The number of hydrogen-bond donors (Lipinski definition) is 0. The van der Waals surface area contributed by atoms with Gasteiger partial charge in [-0.05, 0) is 410 Å². The summed E-state index contributed by atoms with van der Waals surface area (Å²) in [6, 6.07) is 27.9. The van der Waals surface area contributed by atoms with E-state index in [4.69, 9.17) is 0 Å². The molecule has 6 rings (SSSR count). The van der Waals surface area contributed by atoms with E-state index in [1.54, 1.807) is 33.4 Å². The Morgan fingerprint density at radius 2 is 0.500 bits per heavy atom. The van der Waals surface area contributed by atoms with Crippen molar-refractivity contribution >= 4 is 51.5 Å². The first-order valence-corrected chi connectivity index (χ1v) is 47.5. The monoisotopic (exact) mass is 1420 g/mol. The minimum absolute atomic E-state index is 1.11. The van der Waals surface area contributed by atoms with Gasteiger partial charge in [0.25, 0.3) is 0 Å². The third kappa shape index (κ3) is 39.4. The number of benzene rings is 6. The van der Waals surface area contributed by atoms with E-state index < -0.39 is 0 Å². The average molecular weight is 1420 g/mol. The number of hydrogen-bond acceptors (Lipinski definition) is 0. The minimum Gasteiger partial charge on any atom is -0.125 e. The van der Waals surface area contributed by atoms with Crippen LogP contribution in [0, 0.1) is 125 Å². The van der Waals surface area contributed by atoms with Gasteiger partial charge in [-0.15, -0.1) is 51.5 Å². The van der Waals surface area contributed by atoms with Gasteiger partial charge < -0.3 is 0 Å². The normalized spacial score (nSPS) is 11.5. The summed E-state index contributed by atoms with van der Waals surface area (Å²) in [4.78, 5) is 0. The van der Waals surface area contributed by atoms with Crippen molar-refractivity contribution in [3.05, 3.63) is 206 Å². The van der Waals surface area contributed by atoms with Crippen LogP contribution in [0.15, 0.2) is 72.8 Å². The maximum Gasteiger partial charge on any atom is -0.00979 e. The van der Waals surface area contributed by atoms with Crippen LogP contribution < -0.4 is 0 Å². The van der Waals surface area contributed by atoms with Crippen molar-refractivity contribution in [3.63, 3.8) is 0 Å². The molecule has 0 saturated heterocycles. The molecule has 0 aliphatic heterocycles. The smallest absolute Gasteiger partial charge is 0.00979 e. The summed E-state index contributed by atoms with van der Waals surface area (Å²) in [6.45, 7) is 53.9. The SMILES string of the molecule is CCCCCPCc1cc(C)c(C)cc1C.CCCCCPCc1ccc(C)c(C)c1C.CCCPCCCc1cc(C)c(C)cc1C.CCCPCCCc1ccc(C)c(C)c1C.CPCCCCCc1cc(C)c(C)cc1C.CPCCCCCc1ccc(C)c(C)c1C. The lowest BCUT2D eigenvalue weighted by Gasteiger charge is -2.11. The molecule has 0 saturated carbocycles. The van der Waals surface area contributed by atoms with Crippen LogP contribution in [0.3, 0.4) is 0 Å². The highest BCUT2D eigenvalue weighted by Gasteiger charge is 2.09. The fourth-order valence-electron chi connectivity index (χ4n) is 12.0. The Morgan fingerprint density at radius 3 is 0.875 bits per heavy atom. The van der Waals surface area contributed by atoms with E-state index in [0.717, 1.165) is 34.3 Å². The molecule has 6 aromatic carbocycles. The summed E-state index contributed by atoms with van der Waals surface area (Å²) in [5.41, 5.74) is 35.7. The summed E-state index contributed by atoms with van der Waals surface area (Å²) >= 11 is 0. The molecule has 96 heavy (non-hydrogen) atoms. The molecule has 0 radical (unpaired) electrons. The fourth-order valence-corrected chi connectivity index (χ4v) is 17.9. The number of unbranched alkanes of at least 4 members (excludes halogenated alkanes) is 8. The summed E-state index contributed by atoms with van der Waals surface area (Å²) < 4.78 is 0. The van der Waals surface area contributed by atoms with Crippen LogP contribution in [0.25, 0.3) is 0 Å². The van der Waals surface area contributed by atoms with E-state index in [1.165, 1.54) is 307 Å². The van der Waals surface area contributed by atoms with Gasteiger partial charge in [-0.2, -0.15) is 0 Å². The van der Waals surface area contributed by atoms with E-state index in [1.807, 2.05) is 0 Å².